The molecule has 0 saturated carbocycles. The van der Waals surface area contributed by atoms with E-state index in [1.807, 2.05) is 6.07 Å². The molecule has 1 saturated heterocycles. The van der Waals surface area contributed by atoms with Crippen molar-refractivity contribution in [1.29, 1.82) is 0 Å². The molecule has 0 spiro atoms. The molecular weight excluding hydrogens is 254 g/mol. The Balaban J connectivity index is 2.09. The summed E-state index contributed by atoms with van der Waals surface area (Å²) in [4.78, 5) is 12.3. The average Bonchev–Trinajstić information content (AvgIpc) is 2.38. The molecule has 0 bridgehead atoms. The fourth-order valence-corrected chi connectivity index (χ4v) is 2.60. The molecule has 1 heterocycles. The van der Waals surface area contributed by atoms with Crippen LogP contribution >= 0.6 is 11.6 Å². The van der Waals surface area contributed by atoms with Crippen LogP contribution in [0.3, 0.4) is 0 Å². The van der Waals surface area contributed by atoms with Crippen molar-refractivity contribution in [2.75, 3.05) is 13.1 Å². The van der Waals surface area contributed by atoms with Crippen LogP contribution in [-0.2, 0) is 0 Å². The topological polar surface area (TPSA) is 60.8 Å². The molecule has 2 unspecified atom stereocenters. The Bertz CT molecular complexity index is 438. The van der Waals surface area contributed by atoms with Crippen LogP contribution in [0.4, 0.5) is 4.79 Å². The second kappa shape index (κ2) is 5.59. The van der Waals surface area contributed by atoms with Crippen LogP contribution in [0.2, 0.25) is 5.02 Å². The fraction of sp³-hybridized carbons (Fsp3) is 0.462. The van der Waals surface area contributed by atoms with E-state index in [0.717, 1.165) is 18.4 Å². The van der Waals surface area contributed by atoms with E-state index < -0.39 is 12.2 Å². The first-order chi connectivity index (χ1) is 8.58. The average molecular weight is 270 g/mol. The second-order valence-electron chi connectivity index (χ2n) is 4.63. The van der Waals surface area contributed by atoms with E-state index in [0.29, 0.717) is 18.1 Å². The highest BCUT2D eigenvalue weighted by molar-refractivity contribution is 6.30. The first-order valence-corrected chi connectivity index (χ1v) is 6.37. The van der Waals surface area contributed by atoms with Gasteiger partial charge in [0.1, 0.15) is 0 Å². The third-order valence-electron chi connectivity index (χ3n) is 3.37. The number of carboxylic acid groups (broad SMARTS) is 1. The zero-order valence-corrected chi connectivity index (χ0v) is 10.7. The van der Waals surface area contributed by atoms with E-state index in [-0.39, 0.29) is 5.92 Å². The van der Waals surface area contributed by atoms with Gasteiger partial charge in [0, 0.05) is 24.0 Å². The van der Waals surface area contributed by atoms with Crippen LogP contribution < -0.4 is 0 Å². The van der Waals surface area contributed by atoms with Crippen molar-refractivity contribution in [3.05, 3.63) is 34.9 Å². The van der Waals surface area contributed by atoms with Gasteiger partial charge >= 0.3 is 6.09 Å². The lowest BCUT2D eigenvalue weighted by Gasteiger charge is -2.33. The Morgan fingerprint density at radius 1 is 1.50 bits per heavy atom. The minimum atomic E-state index is -0.919. The number of aliphatic hydroxyl groups excluding tert-OH is 1. The summed E-state index contributed by atoms with van der Waals surface area (Å²) >= 11 is 5.89. The van der Waals surface area contributed by atoms with Gasteiger partial charge in [-0.2, -0.15) is 0 Å². The monoisotopic (exact) mass is 269 g/mol. The molecule has 1 aromatic carbocycles. The zero-order valence-electron chi connectivity index (χ0n) is 9.92. The molecule has 1 aromatic rings. The number of rotatable bonds is 2. The normalized spacial score (nSPS) is 21.7. The van der Waals surface area contributed by atoms with E-state index in [1.165, 1.54) is 4.90 Å². The van der Waals surface area contributed by atoms with Crippen LogP contribution in [0.25, 0.3) is 0 Å². The number of nitrogens with zero attached hydrogens (tertiary/aromatic N) is 1. The summed E-state index contributed by atoms with van der Waals surface area (Å²) in [5.41, 5.74) is 0.750. The fourth-order valence-electron chi connectivity index (χ4n) is 2.40. The summed E-state index contributed by atoms with van der Waals surface area (Å²) in [6.07, 6.45) is 0.0373. The Morgan fingerprint density at radius 3 is 2.94 bits per heavy atom. The predicted octanol–water partition coefficient (Wildman–Crippen LogP) is 2.76. The number of halogens is 1. The molecule has 18 heavy (non-hydrogen) atoms. The molecule has 98 valence electrons. The molecule has 2 N–H and O–H groups in total. The van der Waals surface area contributed by atoms with E-state index in [4.69, 9.17) is 16.7 Å². The molecule has 0 aliphatic carbocycles. The van der Waals surface area contributed by atoms with Gasteiger partial charge in [-0.1, -0.05) is 23.7 Å². The summed E-state index contributed by atoms with van der Waals surface area (Å²) < 4.78 is 0. The molecule has 5 heteroatoms. The van der Waals surface area contributed by atoms with E-state index >= 15 is 0 Å². The number of aliphatic hydroxyl groups is 1. The quantitative estimate of drug-likeness (QED) is 0.868. The molecule has 4 nitrogen and oxygen atoms in total. The van der Waals surface area contributed by atoms with E-state index in [1.54, 1.807) is 18.2 Å². The number of benzene rings is 1. The molecule has 2 rings (SSSR count). The Hall–Kier alpha value is -1.26. The lowest BCUT2D eigenvalue weighted by atomic mass is 9.89. The molecule has 1 aliphatic rings. The van der Waals surface area contributed by atoms with Gasteiger partial charge in [0.15, 0.2) is 0 Å². The van der Waals surface area contributed by atoms with E-state index in [2.05, 4.69) is 0 Å². The van der Waals surface area contributed by atoms with Gasteiger partial charge < -0.3 is 15.1 Å². The first kappa shape index (κ1) is 13.2. The van der Waals surface area contributed by atoms with Crippen molar-refractivity contribution in [1.82, 2.24) is 4.90 Å². The molecule has 0 aromatic heterocycles. The van der Waals surface area contributed by atoms with Crippen molar-refractivity contribution < 1.29 is 15.0 Å². The maximum absolute atomic E-state index is 10.9. The number of hydrogen-bond donors (Lipinski definition) is 2. The second-order valence-corrected chi connectivity index (χ2v) is 5.07. The summed E-state index contributed by atoms with van der Waals surface area (Å²) in [5.74, 6) is -0.0617. The zero-order chi connectivity index (χ0) is 13.1. The Morgan fingerprint density at radius 2 is 2.28 bits per heavy atom. The van der Waals surface area contributed by atoms with Crippen LogP contribution in [0, 0.1) is 5.92 Å². The van der Waals surface area contributed by atoms with Gasteiger partial charge in [0.2, 0.25) is 0 Å². The van der Waals surface area contributed by atoms with Crippen LogP contribution in [-0.4, -0.2) is 34.3 Å². The van der Waals surface area contributed by atoms with Crippen LogP contribution in [0.1, 0.15) is 24.5 Å². The smallest absolute Gasteiger partial charge is 0.407 e. The van der Waals surface area contributed by atoms with Crippen molar-refractivity contribution >= 4 is 17.7 Å². The van der Waals surface area contributed by atoms with Gasteiger partial charge in [-0.25, -0.2) is 4.79 Å². The van der Waals surface area contributed by atoms with Crippen molar-refractivity contribution in [2.45, 2.75) is 18.9 Å². The Kier molecular flexibility index (Phi) is 4.09. The lowest BCUT2D eigenvalue weighted by Crippen LogP contribution is -2.40. The van der Waals surface area contributed by atoms with Crippen molar-refractivity contribution in [2.24, 2.45) is 5.92 Å². The van der Waals surface area contributed by atoms with Gasteiger partial charge in [-0.3, -0.25) is 0 Å². The van der Waals surface area contributed by atoms with E-state index in [9.17, 15) is 9.90 Å². The molecule has 1 amide bonds. The minimum absolute atomic E-state index is 0.0617. The lowest BCUT2D eigenvalue weighted by molar-refractivity contribution is 0.0503. The van der Waals surface area contributed by atoms with Crippen molar-refractivity contribution in [3.8, 4) is 0 Å². The highest BCUT2D eigenvalue weighted by atomic mass is 35.5. The predicted molar refractivity (Wildman–Crippen MR) is 68.7 cm³/mol. The minimum Gasteiger partial charge on any atom is -0.465 e. The maximum atomic E-state index is 10.9. The third kappa shape index (κ3) is 2.94. The largest absolute Gasteiger partial charge is 0.465 e. The highest BCUT2D eigenvalue weighted by Gasteiger charge is 2.29. The Labute approximate surface area is 111 Å². The first-order valence-electron chi connectivity index (χ1n) is 5.99. The number of amides is 1. The molecule has 2 atom stereocenters. The molecular formula is C13H16ClNO3. The third-order valence-corrected chi connectivity index (χ3v) is 3.60. The maximum Gasteiger partial charge on any atom is 0.407 e. The standard InChI is InChI=1S/C13H16ClNO3/c14-11-5-1-3-9(7-11)12(16)10-4-2-6-15(8-10)13(17)18/h1,3,5,7,10,12,16H,2,4,6,8H2,(H,17,18). The summed E-state index contributed by atoms with van der Waals surface area (Å²) in [5, 5.41) is 19.8. The number of likely N-dealkylation sites (tertiary alicyclic amines) is 1. The summed E-state index contributed by atoms with van der Waals surface area (Å²) in [7, 11) is 0. The van der Waals surface area contributed by atoms with Gasteiger partial charge in [-0.05, 0) is 30.5 Å². The molecule has 1 aliphatic heterocycles. The van der Waals surface area contributed by atoms with Crippen LogP contribution in [0.5, 0.6) is 0 Å². The number of hydrogen-bond acceptors (Lipinski definition) is 2. The number of carbonyl (C=O) groups is 1. The SMILES string of the molecule is O=C(O)N1CCCC(C(O)c2cccc(Cl)c2)C1. The van der Waals surface area contributed by atoms with Crippen molar-refractivity contribution in [3.63, 3.8) is 0 Å². The molecule has 0 radical (unpaired) electrons. The van der Waals surface area contributed by atoms with Crippen LogP contribution in [0.15, 0.2) is 24.3 Å². The number of piperidine rings is 1. The van der Waals surface area contributed by atoms with Gasteiger partial charge in [0.25, 0.3) is 0 Å². The summed E-state index contributed by atoms with van der Waals surface area (Å²) in [6.45, 7) is 0.928. The van der Waals surface area contributed by atoms with Gasteiger partial charge in [-0.15, -0.1) is 0 Å². The summed E-state index contributed by atoms with van der Waals surface area (Å²) in [6, 6.07) is 7.09. The highest BCUT2D eigenvalue weighted by Crippen LogP contribution is 2.30. The molecule has 1 fully saturated rings. The van der Waals surface area contributed by atoms with Gasteiger partial charge in [0.05, 0.1) is 6.10 Å².